The molecule has 0 atom stereocenters. The molecule has 0 unspecified atom stereocenters. The molecule has 0 aliphatic carbocycles. The number of aliphatic hydroxyl groups excluding tert-OH is 1. The van der Waals surface area contributed by atoms with Crippen LogP contribution in [0.5, 0.6) is 0 Å². The van der Waals surface area contributed by atoms with Gasteiger partial charge in [-0.3, -0.25) is 19.7 Å². The Bertz CT molecular complexity index is 1080. The number of fused-ring (bicyclic) bond motifs is 1. The summed E-state index contributed by atoms with van der Waals surface area (Å²) in [6.45, 7) is -0.119. The van der Waals surface area contributed by atoms with Crippen LogP contribution in [0.1, 0.15) is 27.9 Å². The second-order valence-electron chi connectivity index (χ2n) is 5.63. The van der Waals surface area contributed by atoms with Crippen molar-refractivity contribution < 1.29 is 19.9 Å². The van der Waals surface area contributed by atoms with E-state index in [-0.39, 0.29) is 28.8 Å². The molecular weight excluding hydrogens is 356 g/mol. The number of nitro groups is 1. The van der Waals surface area contributed by atoms with Gasteiger partial charge in [-0.15, -0.1) is 0 Å². The number of H-pyrrole nitrogens is 1. The van der Waals surface area contributed by atoms with E-state index in [4.69, 9.17) is 0 Å². The molecule has 0 aliphatic heterocycles. The molecule has 1 aromatic heterocycles. The molecule has 0 aliphatic rings. The zero-order valence-electron chi connectivity index (χ0n) is 13.7. The lowest BCUT2D eigenvalue weighted by atomic mass is 10.1. The van der Waals surface area contributed by atoms with E-state index in [1.807, 2.05) is 0 Å². The van der Waals surface area contributed by atoms with Crippen molar-refractivity contribution in [3.05, 3.63) is 79.8 Å². The summed E-state index contributed by atoms with van der Waals surface area (Å²) >= 11 is 0. The van der Waals surface area contributed by atoms with Crippen LogP contribution in [0.2, 0.25) is 0 Å². The van der Waals surface area contributed by atoms with Crippen molar-refractivity contribution in [3.63, 3.8) is 0 Å². The molecule has 0 saturated heterocycles. The summed E-state index contributed by atoms with van der Waals surface area (Å²) in [7, 11) is 0. The topological polar surface area (TPSA) is 158 Å². The van der Waals surface area contributed by atoms with Crippen LogP contribution in [0.25, 0.3) is 11.0 Å². The highest BCUT2D eigenvalue weighted by atomic mass is 16.6. The third-order valence-electron chi connectivity index (χ3n) is 3.82. The summed E-state index contributed by atoms with van der Waals surface area (Å²) in [6.07, 6.45) is -2.11. The number of hydrogen-bond donors (Lipinski definition) is 4. The number of benzene rings is 2. The Kier molecular flexibility index (Phi) is 4.92. The van der Waals surface area contributed by atoms with Gasteiger partial charge in [-0.1, -0.05) is 18.2 Å². The number of nitrogens with zero attached hydrogens (tertiary/aromatic N) is 2. The molecule has 0 fully saturated rings. The van der Waals surface area contributed by atoms with Crippen molar-refractivity contribution in [2.45, 2.75) is 12.8 Å². The van der Waals surface area contributed by atoms with Gasteiger partial charge in [0, 0.05) is 29.8 Å². The van der Waals surface area contributed by atoms with Crippen molar-refractivity contribution >= 4 is 22.6 Å². The predicted octanol–water partition coefficient (Wildman–Crippen LogP) is 0.744. The average molecular weight is 370 g/mol. The Morgan fingerprint density at radius 3 is 2.59 bits per heavy atom. The van der Waals surface area contributed by atoms with E-state index in [1.54, 1.807) is 30.3 Å². The number of nitrogens with one attached hydrogen (secondary N) is 2. The smallest absolute Gasteiger partial charge is 0.275 e. The number of hydrogen-bond acceptors (Lipinski definition) is 7. The molecule has 10 nitrogen and oxygen atoms in total. The highest BCUT2D eigenvalue weighted by Gasteiger charge is 2.18. The number of aliphatic hydroxyl groups is 2. The first-order valence-corrected chi connectivity index (χ1v) is 7.77. The van der Waals surface area contributed by atoms with Crippen LogP contribution < -0.4 is 10.9 Å². The van der Waals surface area contributed by atoms with Crippen LogP contribution in [0.15, 0.2) is 47.3 Å². The molecule has 3 rings (SSSR count). The minimum absolute atomic E-state index is 0.0440. The molecule has 10 heteroatoms. The number of aromatic nitrogens is 2. The van der Waals surface area contributed by atoms with Crippen molar-refractivity contribution in [3.8, 4) is 0 Å². The minimum atomic E-state index is -2.11. The maximum Gasteiger partial charge on any atom is 0.275 e. The average Bonchev–Trinajstić information content (AvgIpc) is 2.65. The zero-order valence-corrected chi connectivity index (χ0v) is 13.7. The van der Waals surface area contributed by atoms with E-state index in [2.05, 4.69) is 15.3 Å². The Balaban J connectivity index is 2.03. The molecule has 27 heavy (non-hydrogen) atoms. The monoisotopic (exact) mass is 370 g/mol. The van der Waals surface area contributed by atoms with Crippen LogP contribution in [-0.4, -0.2) is 31.0 Å². The van der Waals surface area contributed by atoms with E-state index in [0.717, 1.165) is 6.07 Å². The number of carbonyl (C=O) groups excluding carboxylic acids is 1. The fourth-order valence-electron chi connectivity index (χ4n) is 2.54. The van der Waals surface area contributed by atoms with E-state index in [1.165, 1.54) is 6.07 Å². The first-order valence-electron chi connectivity index (χ1n) is 7.77. The number of non-ortho nitro benzene ring substituents is 1. The molecule has 1 heterocycles. The summed E-state index contributed by atoms with van der Waals surface area (Å²) < 4.78 is 0. The van der Waals surface area contributed by atoms with Crippen LogP contribution in [0, 0.1) is 10.1 Å². The minimum Gasteiger partial charge on any atom is -0.363 e. The SMILES string of the molecule is O=C(NCc1cc([N+](=O)[O-])cc2[nH]c(=O)c(C(O)O)nc12)c1ccccc1. The largest absolute Gasteiger partial charge is 0.363 e. The fourth-order valence-corrected chi connectivity index (χ4v) is 2.54. The van der Waals surface area contributed by atoms with Gasteiger partial charge in [-0.25, -0.2) is 4.98 Å². The molecule has 0 saturated carbocycles. The lowest BCUT2D eigenvalue weighted by molar-refractivity contribution is -0.384. The third-order valence-corrected chi connectivity index (χ3v) is 3.82. The quantitative estimate of drug-likeness (QED) is 0.293. The maximum atomic E-state index is 12.2. The number of carbonyl (C=O) groups is 1. The van der Waals surface area contributed by atoms with Crippen molar-refractivity contribution in [1.82, 2.24) is 15.3 Å². The van der Waals surface area contributed by atoms with E-state index >= 15 is 0 Å². The predicted molar refractivity (Wildman–Crippen MR) is 93.8 cm³/mol. The Morgan fingerprint density at radius 1 is 1.26 bits per heavy atom. The summed E-state index contributed by atoms with van der Waals surface area (Å²) in [5.41, 5.74) is -0.939. The molecule has 2 aromatic carbocycles. The second-order valence-corrected chi connectivity index (χ2v) is 5.63. The lowest BCUT2D eigenvalue weighted by Crippen LogP contribution is -2.24. The van der Waals surface area contributed by atoms with Crippen LogP contribution in [0.4, 0.5) is 5.69 Å². The molecule has 0 bridgehead atoms. The van der Waals surface area contributed by atoms with Crippen molar-refractivity contribution in [1.29, 1.82) is 0 Å². The molecular formula is C17H14N4O6. The van der Waals surface area contributed by atoms with Crippen LogP contribution in [-0.2, 0) is 6.54 Å². The molecule has 1 amide bonds. The first-order chi connectivity index (χ1) is 12.9. The van der Waals surface area contributed by atoms with Crippen molar-refractivity contribution in [2.24, 2.45) is 0 Å². The molecule has 138 valence electrons. The summed E-state index contributed by atoms with van der Waals surface area (Å²) in [6, 6.07) is 10.7. The molecule has 4 N–H and O–H groups in total. The normalized spacial score (nSPS) is 10.9. The Morgan fingerprint density at radius 2 is 1.96 bits per heavy atom. The zero-order chi connectivity index (χ0) is 19.6. The highest BCUT2D eigenvalue weighted by molar-refractivity contribution is 5.94. The van der Waals surface area contributed by atoms with Crippen LogP contribution in [0.3, 0.4) is 0 Å². The van der Waals surface area contributed by atoms with Gasteiger partial charge in [-0.05, 0) is 12.1 Å². The third kappa shape index (κ3) is 3.81. The summed E-state index contributed by atoms with van der Waals surface area (Å²) in [4.78, 5) is 40.8. The highest BCUT2D eigenvalue weighted by Crippen LogP contribution is 2.23. The van der Waals surface area contributed by atoms with Gasteiger partial charge in [0.1, 0.15) is 0 Å². The van der Waals surface area contributed by atoms with Gasteiger partial charge in [0.05, 0.1) is 16.0 Å². The van der Waals surface area contributed by atoms with Crippen molar-refractivity contribution in [2.75, 3.05) is 0 Å². The summed E-state index contributed by atoms with van der Waals surface area (Å²) in [5, 5.41) is 32.3. The molecule has 0 spiro atoms. The maximum absolute atomic E-state index is 12.2. The fraction of sp³-hybridized carbons (Fsp3) is 0.118. The van der Waals surface area contributed by atoms with Gasteiger partial charge in [0.15, 0.2) is 5.69 Å². The first kappa shape index (κ1) is 18.2. The standard InChI is InChI=1S/C17H14N4O6/c22-15(9-4-2-1-3-5-9)18-8-10-6-11(21(26)27)7-12-13(10)20-14(17(24)25)16(23)19-12/h1-7,17,24-25H,8H2,(H,18,22)(H,19,23). The number of rotatable bonds is 5. The van der Waals surface area contributed by atoms with Gasteiger partial charge < -0.3 is 20.5 Å². The second kappa shape index (κ2) is 7.32. The summed E-state index contributed by atoms with van der Waals surface area (Å²) in [5.74, 6) is -0.401. The number of aromatic amines is 1. The van der Waals surface area contributed by atoms with E-state index in [0.29, 0.717) is 5.56 Å². The van der Waals surface area contributed by atoms with Gasteiger partial charge in [0.25, 0.3) is 17.2 Å². The van der Waals surface area contributed by atoms with Crippen LogP contribution >= 0.6 is 0 Å². The number of amides is 1. The number of nitro benzene ring substituents is 1. The van der Waals surface area contributed by atoms with E-state index in [9.17, 15) is 29.9 Å². The van der Waals surface area contributed by atoms with Gasteiger partial charge in [-0.2, -0.15) is 0 Å². The van der Waals surface area contributed by atoms with E-state index < -0.39 is 28.4 Å². The lowest BCUT2D eigenvalue weighted by Gasteiger charge is -2.10. The Hall–Kier alpha value is -3.63. The molecule has 3 aromatic rings. The molecule has 0 radical (unpaired) electrons. The Labute approximate surface area is 151 Å². The van der Waals surface area contributed by atoms with Gasteiger partial charge in [0.2, 0.25) is 6.29 Å². The van der Waals surface area contributed by atoms with Gasteiger partial charge >= 0.3 is 0 Å².